The molecule has 3 saturated carbocycles. The Morgan fingerprint density at radius 2 is 1.94 bits per heavy atom. The second-order valence-corrected chi connectivity index (χ2v) is 9.23. The van der Waals surface area contributed by atoms with Crippen molar-refractivity contribution in [3.8, 4) is 6.07 Å². The van der Waals surface area contributed by atoms with Gasteiger partial charge in [0.05, 0.1) is 23.2 Å². The Morgan fingerprint density at radius 1 is 1.19 bits per heavy atom. The monoisotopic (exact) mass is 432 g/mol. The Hall–Kier alpha value is -3.67. The first kappa shape index (κ1) is 19.0. The first-order valence-electron chi connectivity index (χ1n) is 10.5. The maximum Gasteiger partial charge on any atom is 0.249 e. The molecule has 7 rings (SSSR count). The molecule has 0 spiro atoms. The van der Waals surface area contributed by atoms with Crippen molar-refractivity contribution in [3.63, 3.8) is 0 Å². The van der Waals surface area contributed by atoms with Crippen LogP contribution in [0, 0.1) is 33.8 Å². The number of benzene rings is 1. The van der Waals surface area contributed by atoms with Crippen molar-refractivity contribution in [1.29, 1.82) is 5.26 Å². The molecule has 1 amide bonds. The van der Waals surface area contributed by atoms with E-state index in [4.69, 9.17) is 5.26 Å². The molecule has 2 bridgehead atoms. The number of nitrogens with zero attached hydrogens (tertiary/aromatic N) is 6. The molecule has 0 saturated heterocycles. The van der Waals surface area contributed by atoms with Crippen molar-refractivity contribution in [1.82, 2.24) is 19.8 Å². The van der Waals surface area contributed by atoms with E-state index in [1.54, 1.807) is 18.5 Å². The number of hydrazone groups is 1. The molecular weight excluding hydrogens is 414 g/mol. The lowest BCUT2D eigenvalue weighted by Gasteiger charge is -2.69. The summed E-state index contributed by atoms with van der Waals surface area (Å²) in [5, 5.41) is 19.1. The van der Waals surface area contributed by atoms with E-state index in [0.717, 1.165) is 30.8 Å². The zero-order chi connectivity index (χ0) is 22.1. The molecule has 32 heavy (non-hydrogen) atoms. The summed E-state index contributed by atoms with van der Waals surface area (Å²) in [5.41, 5.74) is 1.87. The predicted molar refractivity (Wildman–Crippen MR) is 110 cm³/mol. The highest BCUT2D eigenvalue weighted by molar-refractivity contribution is 5.88. The number of hydrogen-bond acceptors (Lipinski definition) is 5. The van der Waals surface area contributed by atoms with E-state index >= 15 is 0 Å². The summed E-state index contributed by atoms with van der Waals surface area (Å²) in [6.45, 7) is 0.681. The fourth-order valence-electron chi connectivity index (χ4n) is 5.76. The SMILES string of the molecule is N#Cc1ccc2c(cnn2CC23CC(C(=O)N4N=CCC4c4cc(F)cc(F)c4)(C2)C3)n1. The van der Waals surface area contributed by atoms with E-state index in [-0.39, 0.29) is 11.3 Å². The summed E-state index contributed by atoms with van der Waals surface area (Å²) in [6, 6.07) is 8.43. The molecule has 0 N–H and O–H groups in total. The molecule has 4 aliphatic rings. The molecule has 1 aromatic carbocycles. The summed E-state index contributed by atoms with van der Waals surface area (Å²) >= 11 is 0. The number of carbonyl (C=O) groups is 1. The molecule has 2 aromatic heterocycles. The highest BCUT2D eigenvalue weighted by atomic mass is 19.1. The molecule has 1 unspecified atom stereocenters. The minimum Gasteiger partial charge on any atom is -0.272 e. The smallest absolute Gasteiger partial charge is 0.249 e. The van der Waals surface area contributed by atoms with E-state index in [0.29, 0.717) is 29.7 Å². The first-order chi connectivity index (χ1) is 15.4. The Kier molecular flexibility index (Phi) is 3.82. The van der Waals surface area contributed by atoms with Crippen LogP contribution >= 0.6 is 0 Å². The number of aromatic nitrogens is 3. The Morgan fingerprint density at radius 3 is 2.66 bits per heavy atom. The number of amides is 1. The van der Waals surface area contributed by atoms with Crippen molar-refractivity contribution in [2.24, 2.45) is 15.9 Å². The van der Waals surface area contributed by atoms with Crippen LogP contribution in [0.5, 0.6) is 0 Å². The minimum absolute atomic E-state index is 0.00636. The second kappa shape index (κ2) is 6.42. The fourth-order valence-corrected chi connectivity index (χ4v) is 5.76. The van der Waals surface area contributed by atoms with Gasteiger partial charge in [-0.3, -0.25) is 9.48 Å². The minimum atomic E-state index is -0.661. The Bertz CT molecular complexity index is 1320. The number of halogens is 2. The summed E-state index contributed by atoms with van der Waals surface area (Å²) in [5.74, 6) is -1.40. The van der Waals surface area contributed by atoms with Crippen LogP contribution in [0.15, 0.2) is 41.6 Å². The molecule has 0 radical (unpaired) electrons. The number of carbonyl (C=O) groups excluding carboxylic acids is 1. The van der Waals surface area contributed by atoms with Gasteiger partial charge in [-0.15, -0.1) is 0 Å². The molecule has 1 aliphatic heterocycles. The van der Waals surface area contributed by atoms with Gasteiger partial charge in [0.25, 0.3) is 0 Å². The third-order valence-corrected chi connectivity index (χ3v) is 7.00. The van der Waals surface area contributed by atoms with Crippen LogP contribution in [0.4, 0.5) is 8.78 Å². The summed E-state index contributed by atoms with van der Waals surface area (Å²) in [4.78, 5) is 17.6. The van der Waals surface area contributed by atoms with Crippen molar-refractivity contribution in [2.75, 3.05) is 0 Å². The van der Waals surface area contributed by atoms with E-state index in [1.165, 1.54) is 17.1 Å². The zero-order valence-corrected chi connectivity index (χ0v) is 17.0. The molecule has 7 nitrogen and oxygen atoms in total. The highest BCUT2D eigenvalue weighted by Gasteiger charge is 2.72. The van der Waals surface area contributed by atoms with Crippen molar-refractivity contribution in [2.45, 2.75) is 38.3 Å². The number of fused-ring (bicyclic) bond motifs is 1. The fraction of sp³-hybridized carbons (Fsp3) is 0.348. The van der Waals surface area contributed by atoms with Crippen molar-refractivity contribution < 1.29 is 13.6 Å². The van der Waals surface area contributed by atoms with Crippen LogP contribution < -0.4 is 0 Å². The maximum absolute atomic E-state index is 13.7. The van der Waals surface area contributed by atoms with Gasteiger partial charge in [-0.05, 0) is 54.5 Å². The van der Waals surface area contributed by atoms with Gasteiger partial charge in [0.15, 0.2) is 0 Å². The lowest BCUT2D eigenvalue weighted by atomic mass is 9.34. The van der Waals surface area contributed by atoms with Gasteiger partial charge >= 0.3 is 0 Å². The second-order valence-electron chi connectivity index (χ2n) is 9.23. The third kappa shape index (κ3) is 2.68. The first-order valence-corrected chi connectivity index (χ1v) is 10.5. The predicted octanol–water partition coefficient (Wildman–Crippen LogP) is 3.71. The van der Waals surface area contributed by atoms with Crippen LogP contribution in [-0.2, 0) is 11.3 Å². The Labute approximate surface area is 182 Å². The molecule has 3 aromatic rings. The van der Waals surface area contributed by atoms with Crippen LogP contribution in [0.2, 0.25) is 0 Å². The molecule has 3 fully saturated rings. The average molecular weight is 432 g/mol. The molecule has 9 heteroatoms. The quantitative estimate of drug-likeness (QED) is 0.629. The number of pyridine rings is 1. The maximum atomic E-state index is 13.7. The summed E-state index contributed by atoms with van der Waals surface area (Å²) < 4.78 is 29.3. The van der Waals surface area contributed by atoms with E-state index < -0.39 is 23.1 Å². The number of nitriles is 1. The van der Waals surface area contributed by atoms with Crippen LogP contribution in [0.3, 0.4) is 0 Å². The van der Waals surface area contributed by atoms with Gasteiger partial charge in [0.1, 0.15) is 28.9 Å². The van der Waals surface area contributed by atoms with Crippen LogP contribution in [-0.4, -0.2) is 31.9 Å². The summed E-state index contributed by atoms with van der Waals surface area (Å²) in [6.07, 6.45) is 5.93. The highest BCUT2D eigenvalue weighted by Crippen LogP contribution is 2.74. The number of hydrogen-bond donors (Lipinski definition) is 0. The van der Waals surface area contributed by atoms with E-state index in [1.807, 2.05) is 16.8 Å². The number of rotatable bonds is 4. The largest absolute Gasteiger partial charge is 0.272 e. The molecular formula is C23H18F2N6O. The summed E-state index contributed by atoms with van der Waals surface area (Å²) in [7, 11) is 0. The zero-order valence-electron chi connectivity index (χ0n) is 17.0. The van der Waals surface area contributed by atoms with Crippen LogP contribution in [0.25, 0.3) is 11.0 Å². The van der Waals surface area contributed by atoms with E-state index in [9.17, 15) is 13.6 Å². The normalized spacial score (nSPS) is 27.8. The van der Waals surface area contributed by atoms with Gasteiger partial charge in [-0.25, -0.2) is 18.8 Å². The third-order valence-electron chi connectivity index (χ3n) is 7.00. The van der Waals surface area contributed by atoms with Crippen molar-refractivity contribution >= 4 is 23.2 Å². The molecule has 160 valence electrons. The van der Waals surface area contributed by atoms with Gasteiger partial charge < -0.3 is 0 Å². The lowest BCUT2D eigenvalue weighted by Crippen LogP contribution is -2.68. The van der Waals surface area contributed by atoms with Gasteiger partial charge in [-0.2, -0.15) is 15.5 Å². The van der Waals surface area contributed by atoms with Crippen molar-refractivity contribution in [3.05, 3.63) is 59.4 Å². The standard InChI is InChI=1S/C23H18F2N6O/c24-15-5-14(6-16(25)7-15)19-3-4-27-31(19)21(32)23-10-22(11-23,12-23)13-30-20-2-1-17(8-26)29-18(20)9-28-30/h1-2,4-7,9,19H,3,10-13H2. The lowest BCUT2D eigenvalue weighted by molar-refractivity contribution is -0.223. The average Bonchev–Trinajstić information content (AvgIpc) is 3.35. The van der Waals surface area contributed by atoms with Gasteiger partial charge in [-0.1, -0.05) is 0 Å². The van der Waals surface area contributed by atoms with E-state index in [2.05, 4.69) is 15.2 Å². The van der Waals surface area contributed by atoms with Gasteiger partial charge in [0, 0.05) is 25.2 Å². The molecule has 3 aliphatic carbocycles. The molecule has 1 atom stereocenters. The topological polar surface area (TPSA) is 87.2 Å². The van der Waals surface area contributed by atoms with Crippen LogP contribution in [0.1, 0.15) is 43.0 Å². The molecule has 3 heterocycles. The van der Waals surface area contributed by atoms with Gasteiger partial charge in [0.2, 0.25) is 5.91 Å². The Balaban J connectivity index is 1.17.